The van der Waals surface area contributed by atoms with Gasteiger partial charge in [0.1, 0.15) is 22.8 Å². The van der Waals surface area contributed by atoms with Crippen LogP contribution in [0.15, 0.2) is 119 Å². The minimum atomic E-state index is -0.919. The number of rotatable bonds is 13. The summed E-state index contributed by atoms with van der Waals surface area (Å²) in [4.78, 5) is 73.4. The molecule has 0 atom stereocenters. The van der Waals surface area contributed by atoms with E-state index < -0.39 is 11.5 Å². The molecule has 2 aromatic heterocycles. The molecule has 0 spiro atoms. The Labute approximate surface area is 328 Å². The highest BCUT2D eigenvalue weighted by molar-refractivity contribution is 6.06. The first-order valence-electron chi connectivity index (χ1n) is 18.2. The van der Waals surface area contributed by atoms with Crippen molar-refractivity contribution in [3.63, 3.8) is 0 Å². The van der Waals surface area contributed by atoms with Gasteiger partial charge in [-0.15, -0.1) is 0 Å². The molecule has 0 saturated carbocycles. The average molecular weight is 767 g/mol. The third kappa shape index (κ3) is 9.70. The molecule has 13 heteroatoms. The molecule has 6 aromatic rings. The van der Waals surface area contributed by atoms with Gasteiger partial charge in [-0.3, -0.25) is 28.8 Å². The molecule has 0 saturated heterocycles. The van der Waals surface area contributed by atoms with Gasteiger partial charge in [0.2, 0.25) is 0 Å². The quantitative estimate of drug-likeness (QED) is 0.0986. The Balaban J connectivity index is 0.000000218. The number of carboxylic acid groups (broad SMARTS) is 1. The molecule has 0 amide bonds. The number of hydrogen-bond acceptors (Lipinski definition) is 10. The van der Waals surface area contributed by atoms with Crippen LogP contribution in [0.4, 0.5) is 22.7 Å². The number of anilines is 4. The fraction of sp³-hybridized carbons (Fsp3) is 0.182. The predicted octanol–water partition coefficient (Wildman–Crippen LogP) is 7.58. The maximum Gasteiger partial charge on any atom is 0.307 e. The van der Waals surface area contributed by atoms with E-state index in [-0.39, 0.29) is 51.8 Å². The van der Waals surface area contributed by atoms with Crippen LogP contribution in [0.1, 0.15) is 71.3 Å². The van der Waals surface area contributed by atoms with Gasteiger partial charge in [0.15, 0.2) is 17.3 Å². The number of ketones is 3. The number of nitrogens with one attached hydrogen (secondary N) is 2. The number of carboxylic acids is 1. The van der Waals surface area contributed by atoms with Crippen molar-refractivity contribution in [1.29, 1.82) is 0 Å². The largest absolute Gasteiger partial charge is 0.481 e. The number of hydrogen-bond donors (Lipinski definition) is 3. The second-order valence-electron chi connectivity index (χ2n) is 12.9. The lowest BCUT2D eigenvalue weighted by Gasteiger charge is -2.16. The van der Waals surface area contributed by atoms with Gasteiger partial charge in [-0.05, 0) is 64.4 Å². The first-order chi connectivity index (χ1) is 27.3. The molecular weight excluding hydrogens is 725 g/mol. The van der Waals surface area contributed by atoms with E-state index in [1.165, 1.54) is 30.1 Å². The van der Waals surface area contributed by atoms with E-state index in [0.29, 0.717) is 47.0 Å². The highest BCUT2D eigenvalue weighted by atomic mass is 16.4. The van der Waals surface area contributed by atoms with E-state index in [4.69, 9.17) is 5.11 Å². The smallest absolute Gasteiger partial charge is 0.307 e. The van der Waals surface area contributed by atoms with Crippen molar-refractivity contribution in [3.8, 4) is 22.5 Å². The van der Waals surface area contributed by atoms with E-state index in [0.717, 1.165) is 11.1 Å². The molecule has 0 aliphatic rings. The standard InChI is InChI=1S/C22H21N3O4.C22H21N3O3/c1-3-25-22(29)21(23-17-11-9-15(10-12-17)13-18(27)28)19(14(2)26)20(24-25)16-7-5-4-6-8-16;1-4-25-22(28)21(23-18-12-8-11-17(13-18)14(2)26)19(15(3)27)20(24-25)16-9-6-5-7-10-16/h4-12,23H,3,13H2,1-2H3,(H,27,28);5-13,23H,4H2,1-3H3. The van der Waals surface area contributed by atoms with E-state index in [9.17, 15) is 28.8 Å². The van der Waals surface area contributed by atoms with Gasteiger partial charge < -0.3 is 15.7 Å². The third-order valence-corrected chi connectivity index (χ3v) is 8.83. The number of carbonyl (C=O) groups is 4. The second kappa shape index (κ2) is 18.4. The minimum Gasteiger partial charge on any atom is -0.481 e. The van der Waals surface area contributed by atoms with Crippen molar-refractivity contribution in [3.05, 3.63) is 152 Å². The molecule has 0 unspecified atom stereocenters. The van der Waals surface area contributed by atoms with Crippen LogP contribution >= 0.6 is 0 Å². The molecule has 0 radical (unpaired) electrons. The van der Waals surface area contributed by atoms with Crippen molar-refractivity contribution in [2.24, 2.45) is 0 Å². The fourth-order valence-corrected chi connectivity index (χ4v) is 6.07. The molecule has 0 fully saturated rings. The number of carbonyl (C=O) groups excluding carboxylic acids is 3. The van der Waals surface area contributed by atoms with Crippen LogP contribution < -0.4 is 21.8 Å². The van der Waals surface area contributed by atoms with Gasteiger partial charge in [0.05, 0.1) is 17.5 Å². The maximum atomic E-state index is 13.0. The molecule has 2 heterocycles. The fourth-order valence-electron chi connectivity index (χ4n) is 6.07. The normalized spacial score (nSPS) is 10.5. The number of benzene rings is 4. The Morgan fingerprint density at radius 1 is 0.579 bits per heavy atom. The lowest BCUT2D eigenvalue weighted by atomic mass is 10.0. The highest BCUT2D eigenvalue weighted by Crippen LogP contribution is 2.29. The van der Waals surface area contributed by atoms with Crippen LogP contribution in [0.5, 0.6) is 0 Å². The number of Topliss-reactive ketones (excluding diaryl/α,β-unsaturated/α-hetero) is 3. The van der Waals surface area contributed by atoms with Crippen LogP contribution in [-0.4, -0.2) is 48.0 Å². The average Bonchev–Trinajstić information content (AvgIpc) is 3.20. The van der Waals surface area contributed by atoms with Crippen molar-refractivity contribution in [1.82, 2.24) is 19.6 Å². The summed E-state index contributed by atoms with van der Waals surface area (Å²) >= 11 is 0. The first-order valence-corrected chi connectivity index (χ1v) is 18.2. The number of aryl methyl sites for hydroxylation is 2. The van der Waals surface area contributed by atoms with Crippen LogP contribution in [-0.2, 0) is 24.3 Å². The molecular formula is C44H42N6O7. The van der Waals surface area contributed by atoms with Crippen molar-refractivity contribution < 1.29 is 24.3 Å². The molecule has 0 bridgehead atoms. The molecule has 4 aromatic carbocycles. The van der Waals surface area contributed by atoms with Gasteiger partial charge in [0, 0.05) is 41.2 Å². The summed E-state index contributed by atoms with van der Waals surface area (Å²) in [7, 11) is 0. The third-order valence-electron chi connectivity index (χ3n) is 8.83. The zero-order chi connectivity index (χ0) is 41.2. The van der Waals surface area contributed by atoms with E-state index in [2.05, 4.69) is 20.8 Å². The first kappa shape index (κ1) is 40.9. The second-order valence-corrected chi connectivity index (χ2v) is 12.9. The summed E-state index contributed by atoms with van der Waals surface area (Å²) in [5.74, 6) is -1.54. The van der Waals surface area contributed by atoms with Gasteiger partial charge >= 0.3 is 5.97 Å². The molecule has 0 aliphatic carbocycles. The zero-order valence-electron chi connectivity index (χ0n) is 32.2. The lowest BCUT2D eigenvalue weighted by molar-refractivity contribution is -0.136. The van der Waals surface area contributed by atoms with Gasteiger partial charge in [0.25, 0.3) is 11.1 Å². The minimum absolute atomic E-state index is 0.0823. The molecule has 13 nitrogen and oxygen atoms in total. The highest BCUT2D eigenvalue weighted by Gasteiger charge is 2.23. The van der Waals surface area contributed by atoms with Crippen molar-refractivity contribution >= 4 is 46.1 Å². The summed E-state index contributed by atoms with van der Waals surface area (Å²) in [6, 6.07) is 32.0. The SMILES string of the molecule is CCn1nc(-c2ccccc2)c(C(C)=O)c(Nc2ccc(CC(=O)O)cc2)c1=O.CCn1nc(-c2ccccc2)c(C(C)=O)c(Nc2cccc(C(C)=O)c2)c1=O. The monoisotopic (exact) mass is 766 g/mol. The van der Waals surface area contributed by atoms with Crippen LogP contribution in [0, 0.1) is 0 Å². The molecule has 57 heavy (non-hydrogen) atoms. The Kier molecular flexibility index (Phi) is 13.2. The summed E-state index contributed by atoms with van der Waals surface area (Å²) in [5.41, 5.74) is 4.62. The van der Waals surface area contributed by atoms with Gasteiger partial charge in [-0.1, -0.05) is 84.9 Å². The Bertz CT molecular complexity index is 2560. The van der Waals surface area contributed by atoms with E-state index in [1.54, 1.807) is 55.5 Å². The summed E-state index contributed by atoms with van der Waals surface area (Å²) in [6.45, 7) is 8.63. The zero-order valence-corrected chi connectivity index (χ0v) is 32.2. The molecule has 3 N–H and O–H groups in total. The summed E-state index contributed by atoms with van der Waals surface area (Å²) < 4.78 is 2.64. The van der Waals surface area contributed by atoms with Crippen molar-refractivity contribution in [2.75, 3.05) is 10.6 Å². The molecule has 290 valence electrons. The predicted molar refractivity (Wildman–Crippen MR) is 220 cm³/mol. The Morgan fingerprint density at radius 2 is 1.04 bits per heavy atom. The number of aliphatic carboxylic acids is 1. The number of aromatic nitrogens is 4. The summed E-state index contributed by atoms with van der Waals surface area (Å²) in [6.07, 6.45) is -0.0883. The van der Waals surface area contributed by atoms with Crippen molar-refractivity contribution in [2.45, 2.75) is 54.1 Å². The molecule has 6 rings (SSSR count). The van der Waals surface area contributed by atoms with E-state index >= 15 is 0 Å². The van der Waals surface area contributed by atoms with Crippen LogP contribution in [0.3, 0.4) is 0 Å². The Hall–Kier alpha value is -7.28. The maximum absolute atomic E-state index is 13.0. The summed E-state index contributed by atoms with van der Waals surface area (Å²) in [5, 5.41) is 23.8. The van der Waals surface area contributed by atoms with E-state index in [1.807, 2.05) is 67.6 Å². The molecule has 0 aliphatic heterocycles. The number of nitrogens with zero attached hydrogens (tertiary/aromatic N) is 4. The Morgan fingerprint density at radius 3 is 1.44 bits per heavy atom. The lowest BCUT2D eigenvalue weighted by Crippen LogP contribution is -2.28. The van der Waals surface area contributed by atoms with Crippen LogP contribution in [0.25, 0.3) is 22.5 Å². The van der Waals surface area contributed by atoms with Crippen LogP contribution in [0.2, 0.25) is 0 Å². The van der Waals surface area contributed by atoms with Gasteiger partial charge in [-0.25, -0.2) is 9.36 Å². The topological polar surface area (TPSA) is 182 Å². The van der Waals surface area contributed by atoms with Gasteiger partial charge in [-0.2, -0.15) is 10.2 Å².